The highest BCUT2D eigenvalue weighted by Crippen LogP contribution is 2.21. The molecule has 21 heavy (non-hydrogen) atoms. The minimum Gasteiger partial charge on any atom is -0.369 e. The highest BCUT2D eigenvalue weighted by atomic mass is 16.2. The van der Waals surface area contributed by atoms with Gasteiger partial charge in [-0.15, -0.1) is 0 Å². The van der Waals surface area contributed by atoms with Crippen molar-refractivity contribution in [2.75, 3.05) is 42.9 Å². The van der Waals surface area contributed by atoms with Gasteiger partial charge < -0.3 is 20.4 Å². The molecule has 2 N–H and O–H groups in total. The number of benzene rings is 1. The van der Waals surface area contributed by atoms with Gasteiger partial charge in [0.2, 0.25) is 0 Å². The molecule has 0 unspecified atom stereocenters. The summed E-state index contributed by atoms with van der Waals surface area (Å²) in [7, 11) is 0. The molecule has 0 radical (unpaired) electrons. The summed E-state index contributed by atoms with van der Waals surface area (Å²) < 4.78 is 0. The molecule has 0 bridgehead atoms. The van der Waals surface area contributed by atoms with E-state index in [1.807, 2.05) is 12.1 Å². The van der Waals surface area contributed by atoms with Crippen LogP contribution in [0.15, 0.2) is 24.3 Å². The number of rotatable bonds is 4. The number of carbonyl (C=O) groups is 1. The molecule has 1 aliphatic carbocycles. The Labute approximate surface area is 126 Å². The number of carbonyl (C=O) groups excluding carboxylic acids is 1. The molecule has 114 valence electrons. The van der Waals surface area contributed by atoms with Crippen molar-refractivity contribution in [1.29, 1.82) is 0 Å². The van der Waals surface area contributed by atoms with E-state index >= 15 is 0 Å². The Kier molecular flexibility index (Phi) is 4.29. The first-order chi connectivity index (χ1) is 10.2. The van der Waals surface area contributed by atoms with E-state index in [9.17, 15) is 4.79 Å². The number of urea groups is 1. The Bertz CT molecular complexity index is 476. The van der Waals surface area contributed by atoms with E-state index in [2.05, 4.69) is 39.5 Å². The molecule has 1 saturated heterocycles. The van der Waals surface area contributed by atoms with E-state index in [-0.39, 0.29) is 6.03 Å². The van der Waals surface area contributed by atoms with E-state index in [0.29, 0.717) is 6.04 Å². The standard InChI is InChI=1S/C16H24N4O/c1-2-19-9-11-20(12-10-19)15-7-5-14(6-8-15)18-16(21)17-13-3-4-13/h5-8,13H,2-4,9-12H2,1H3,(H2,17,18,21). The number of nitrogens with zero attached hydrogens (tertiary/aromatic N) is 2. The Balaban J connectivity index is 1.52. The maximum absolute atomic E-state index is 11.7. The van der Waals surface area contributed by atoms with Crippen LogP contribution in [0, 0.1) is 0 Å². The SMILES string of the molecule is CCN1CCN(c2ccc(NC(=O)NC3CC3)cc2)CC1. The van der Waals surface area contributed by atoms with E-state index in [0.717, 1.165) is 51.3 Å². The third-order valence-electron chi connectivity index (χ3n) is 4.22. The molecule has 5 heteroatoms. The summed E-state index contributed by atoms with van der Waals surface area (Å²) in [6.45, 7) is 7.74. The van der Waals surface area contributed by atoms with Crippen LogP contribution in [0.25, 0.3) is 0 Å². The highest BCUT2D eigenvalue weighted by Gasteiger charge is 2.23. The normalized spacial score (nSPS) is 19.4. The molecule has 1 saturated carbocycles. The summed E-state index contributed by atoms with van der Waals surface area (Å²) in [6, 6.07) is 8.44. The fourth-order valence-electron chi connectivity index (χ4n) is 2.66. The molecular formula is C16H24N4O. The van der Waals surface area contributed by atoms with Gasteiger partial charge in [0.05, 0.1) is 0 Å². The lowest BCUT2D eigenvalue weighted by Gasteiger charge is -2.35. The molecule has 5 nitrogen and oxygen atoms in total. The van der Waals surface area contributed by atoms with Crippen molar-refractivity contribution in [1.82, 2.24) is 10.2 Å². The Morgan fingerprint density at radius 3 is 2.38 bits per heavy atom. The zero-order valence-electron chi connectivity index (χ0n) is 12.6. The van der Waals surface area contributed by atoms with Gasteiger partial charge in [-0.3, -0.25) is 0 Å². The number of likely N-dealkylation sites (N-methyl/N-ethyl adjacent to an activating group) is 1. The summed E-state index contributed by atoms with van der Waals surface area (Å²) in [6.07, 6.45) is 2.21. The van der Waals surface area contributed by atoms with Gasteiger partial charge in [-0.25, -0.2) is 4.79 Å². The lowest BCUT2D eigenvalue weighted by atomic mass is 10.2. The largest absolute Gasteiger partial charge is 0.369 e. The van der Waals surface area contributed by atoms with E-state index < -0.39 is 0 Å². The summed E-state index contributed by atoms with van der Waals surface area (Å²) in [5.74, 6) is 0. The molecule has 0 spiro atoms. The second-order valence-corrected chi connectivity index (χ2v) is 5.84. The van der Waals surface area contributed by atoms with Crippen LogP contribution in [0.5, 0.6) is 0 Å². The summed E-state index contributed by atoms with van der Waals surface area (Å²) in [4.78, 5) is 16.6. The Hall–Kier alpha value is -1.75. The van der Waals surface area contributed by atoms with Gasteiger partial charge in [-0.2, -0.15) is 0 Å². The smallest absolute Gasteiger partial charge is 0.319 e. The predicted octanol–water partition coefficient (Wildman–Crippen LogP) is 2.11. The lowest BCUT2D eigenvalue weighted by Crippen LogP contribution is -2.46. The van der Waals surface area contributed by atoms with Crippen LogP contribution in [0.4, 0.5) is 16.2 Å². The van der Waals surface area contributed by atoms with Crippen molar-refractivity contribution in [3.63, 3.8) is 0 Å². The van der Waals surface area contributed by atoms with Crippen LogP contribution >= 0.6 is 0 Å². The quantitative estimate of drug-likeness (QED) is 0.892. The minimum atomic E-state index is -0.0955. The molecule has 1 aromatic carbocycles. The van der Waals surface area contributed by atoms with E-state index in [1.165, 1.54) is 5.69 Å². The zero-order chi connectivity index (χ0) is 14.7. The molecule has 1 heterocycles. The lowest BCUT2D eigenvalue weighted by molar-refractivity contribution is 0.251. The van der Waals surface area contributed by atoms with Crippen molar-refractivity contribution >= 4 is 17.4 Å². The molecular weight excluding hydrogens is 264 g/mol. The molecule has 2 aliphatic rings. The van der Waals surface area contributed by atoms with Gasteiger partial charge in [0.1, 0.15) is 0 Å². The Morgan fingerprint density at radius 1 is 1.14 bits per heavy atom. The molecule has 1 aromatic rings. The predicted molar refractivity (Wildman–Crippen MR) is 85.9 cm³/mol. The van der Waals surface area contributed by atoms with Crippen molar-refractivity contribution in [3.05, 3.63) is 24.3 Å². The van der Waals surface area contributed by atoms with Gasteiger partial charge in [0.25, 0.3) is 0 Å². The number of piperazine rings is 1. The van der Waals surface area contributed by atoms with Gasteiger partial charge in [-0.1, -0.05) is 6.92 Å². The van der Waals surface area contributed by atoms with Crippen molar-refractivity contribution < 1.29 is 4.79 Å². The third kappa shape index (κ3) is 3.88. The molecule has 1 aliphatic heterocycles. The maximum atomic E-state index is 11.7. The fourth-order valence-corrected chi connectivity index (χ4v) is 2.66. The summed E-state index contributed by atoms with van der Waals surface area (Å²) in [5.41, 5.74) is 2.09. The monoisotopic (exact) mass is 288 g/mol. The maximum Gasteiger partial charge on any atom is 0.319 e. The van der Waals surface area contributed by atoms with Gasteiger partial charge >= 0.3 is 6.03 Å². The van der Waals surface area contributed by atoms with E-state index in [1.54, 1.807) is 0 Å². The first-order valence-corrected chi connectivity index (χ1v) is 7.89. The highest BCUT2D eigenvalue weighted by molar-refractivity contribution is 5.89. The Morgan fingerprint density at radius 2 is 1.81 bits per heavy atom. The summed E-state index contributed by atoms with van der Waals surface area (Å²) in [5, 5.41) is 5.81. The minimum absolute atomic E-state index is 0.0955. The van der Waals surface area contributed by atoms with Crippen LogP contribution in [0.2, 0.25) is 0 Å². The van der Waals surface area contributed by atoms with Crippen LogP contribution in [0.3, 0.4) is 0 Å². The molecule has 0 atom stereocenters. The van der Waals surface area contributed by atoms with Crippen LogP contribution in [-0.2, 0) is 0 Å². The van der Waals surface area contributed by atoms with Gasteiger partial charge in [-0.05, 0) is 43.7 Å². The molecule has 2 fully saturated rings. The number of amides is 2. The van der Waals surface area contributed by atoms with Crippen LogP contribution < -0.4 is 15.5 Å². The average Bonchev–Trinajstić information content (AvgIpc) is 3.32. The first-order valence-electron chi connectivity index (χ1n) is 7.89. The zero-order valence-corrected chi connectivity index (χ0v) is 12.6. The van der Waals surface area contributed by atoms with Crippen molar-refractivity contribution in [2.24, 2.45) is 0 Å². The fraction of sp³-hybridized carbons (Fsp3) is 0.562. The van der Waals surface area contributed by atoms with Crippen molar-refractivity contribution in [3.8, 4) is 0 Å². The van der Waals surface area contributed by atoms with Gasteiger partial charge in [0.15, 0.2) is 0 Å². The molecule has 0 aromatic heterocycles. The van der Waals surface area contributed by atoms with Crippen LogP contribution in [-0.4, -0.2) is 49.7 Å². The molecule has 3 rings (SSSR count). The number of nitrogens with one attached hydrogen (secondary N) is 2. The van der Waals surface area contributed by atoms with Crippen LogP contribution in [0.1, 0.15) is 19.8 Å². The van der Waals surface area contributed by atoms with Gasteiger partial charge in [0, 0.05) is 43.6 Å². The van der Waals surface area contributed by atoms with E-state index in [4.69, 9.17) is 0 Å². The topological polar surface area (TPSA) is 47.6 Å². The molecule has 2 amide bonds. The number of hydrogen-bond donors (Lipinski definition) is 2. The number of anilines is 2. The second-order valence-electron chi connectivity index (χ2n) is 5.84. The number of hydrogen-bond acceptors (Lipinski definition) is 3. The second kappa shape index (κ2) is 6.35. The van der Waals surface area contributed by atoms with Crippen molar-refractivity contribution in [2.45, 2.75) is 25.8 Å². The average molecular weight is 288 g/mol. The third-order valence-corrected chi connectivity index (χ3v) is 4.22. The summed E-state index contributed by atoms with van der Waals surface area (Å²) >= 11 is 0. The first kappa shape index (κ1) is 14.2.